The van der Waals surface area contributed by atoms with Crippen LogP contribution in [0, 0.1) is 5.92 Å². The number of piperidine rings is 1. The average molecular weight is 428 g/mol. The number of halogens is 1. The molecule has 2 amide bonds. The molecule has 0 bridgehead atoms. The summed E-state index contributed by atoms with van der Waals surface area (Å²) in [4.78, 5) is 25.6. The molecule has 6 heteroatoms. The van der Waals surface area contributed by atoms with Gasteiger partial charge in [-0.2, -0.15) is 0 Å². The Balaban J connectivity index is 1.55. The molecule has 0 aliphatic carbocycles. The number of carbonyl (C=O) groups excluding carboxylic acids is 2. The number of amides is 2. The molecular formula is C21H22BrN3O2. The number of benzene rings is 2. The maximum absolute atomic E-state index is 12.1. The summed E-state index contributed by atoms with van der Waals surface area (Å²) < 4.78 is 0.943. The Bertz CT molecular complexity index is 841. The second-order valence-corrected chi connectivity index (χ2v) is 7.41. The van der Waals surface area contributed by atoms with Crippen molar-refractivity contribution in [2.24, 2.45) is 11.7 Å². The molecule has 5 nitrogen and oxygen atoms in total. The summed E-state index contributed by atoms with van der Waals surface area (Å²) in [5, 5.41) is 2.86. The van der Waals surface area contributed by atoms with Gasteiger partial charge in [0.05, 0.1) is 0 Å². The highest BCUT2D eigenvalue weighted by Crippen LogP contribution is 2.24. The predicted molar refractivity (Wildman–Crippen MR) is 112 cm³/mol. The zero-order valence-corrected chi connectivity index (χ0v) is 16.5. The number of nitrogens with zero attached hydrogens (tertiary/aromatic N) is 1. The van der Waals surface area contributed by atoms with Crippen molar-refractivity contribution in [3.05, 3.63) is 64.6 Å². The Labute approximate surface area is 167 Å². The summed E-state index contributed by atoms with van der Waals surface area (Å²) >= 11 is 3.46. The molecule has 0 radical (unpaired) electrons. The van der Waals surface area contributed by atoms with Crippen LogP contribution in [0.25, 0.3) is 6.08 Å². The van der Waals surface area contributed by atoms with E-state index in [0.29, 0.717) is 0 Å². The van der Waals surface area contributed by atoms with Crippen LogP contribution in [-0.4, -0.2) is 24.9 Å². The Hall–Kier alpha value is -2.60. The van der Waals surface area contributed by atoms with E-state index in [1.165, 1.54) is 6.08 Å². The fourth-order valence-corrected chi connectivity index (χ4v) is 3.55. The molecule has 2 aromatic carbocycles. The molecule has 0 saturated carbocycles. The average Bonchev–Trinajstić information content (AvgIpc) is 2.68. The molecule has 1 saturated heterocycles. The Morgan fingerprint density at radius 1 is 1.07 bits per heavy atom. The number of primary amides is 1. The zero-order chi connectivity index (χ0) is 19.2. The second-order valence-electron chi connectivity index (χ2n) is 6.55. The van der Waals surface area contributed by atoms with E-state index in [2.05, 4.69) is 26.1 Å². The van der Waals surface area contributed by atoms with E-state index < -0.39 is 0 Å². The summed E-state index contributed by atoms with van der Waals surface area (Å²) in [5.74, 6) is -0.402. The number of nitrogens with one attached hydrogen (secondary N) is 1. The van der Waals surface area contributed by atoms with Crippen LogP contribution in [0.15, 0.2) is 59.1 Å². The third-order valence-corrected chi connectivity index (χ3v) is 5.44. The molecule has 1 aliphatic rings. The van der Waals surface area contributed by atoms with E-state index in [1.54, 1.807) is 6.08 Å². The highest BCUT2D eigenvalue weighted by Gasteiger charge is 2.23. The van der Waals surface area contributed by atoms with Crippen molar-refractivity contribution in [3.63, 3.8) is 0 Å². The molecule has 0 spiro atoms. The molecule has 0 atom stereocenters. The van der Waals surface area contributed by atoms with E-state index in [4.69, 9.17) is 5.73 Å². The molecule has 1 heterocycles. The van der Waals surface area contributed by atoms with Gasteiger partial charge in [-0.05, 0) is 54.8 Å². The van der Waals surface area contributed by atoms with Crippen molar-refractivity contribution >= 4 is 45.2 Å². The normalized spacial score (nSPS) is 15.1. The minimum Gasteiger partial charge on any atom is -0.371 e. The van der Waals surface area contributed by atoms with E-state index in [1.807, 2.05) is 48.5 Å². The van der Waals surface area contributed by atoms with Crippen LogP contribution in [0.3, 0.4) is 0 Å². The van der Waals surface area contributed by atoms with Crippen LogP contribution in [0.5, 0.6) is 0 Å². The largest absolute Gasteiger partial charge is 0.371 e. The summed E-state index contributed by atoms with van der Waals surface area (Å²) in [6.45, 7) is 1.63. The number of hydrogen-bond acceptors (Lipinski definition) is 3. The lowest BCUT2D eigenvalue weighted by Crippen LogP contribution is -2.38. The first kappa shape index (κ1) is 19.2. The van der Waals surface area contributed by atoms with Gasteiger partial charge in [0.15, 0.2) is 0 Å². The van der Waals surface area contributed by atoms with Crippen LogP contribution in [0.4, 0.5) is 11.4 Å². The second kappa shape index (κ2) is 8.86. The lowest BCUT2D eigenvalue weighted by Gasteiger charge is -2.32. The van der Waals surface area contributed by atoms with Gasteiger partial charge in [0, 0.05) is 40.9 Å². The standard InChI is InChI=1S/C21H22BrN3O2/c22-19-4-2-1-3-15(19)5-10-20(26)24-17-6-8-18(9-7-17)25-13-11-16(12-14-25)21(23)27/h1-10,16H,11-14H2,(H2,23,27)(H,24,26)/b10-5-. The van der Waals surface area contributed by atoms with E-state index in [9.17, 15) is 9.59 Å². The van der Waals surface area contributed by atoms with E-state index in [-0.39, 0.29) is 17.7 Å². The summed E-state index contributed by atoms with van der Waals surface area (Å²) in [6, 6.07) is 15.5. The van der Waals surface area contributed by atoms with Gasteiger partial charge in [-0.25, -0.2) is 0 Å². The minimum atomic E-state index is -0.205. The van der Waals surface area contributed by atoms with Gasteiger partial charge in [0.1, 0.15) is 0 Å². The van der Waals surface area contributed by atoms with Crippen molar-refractivity contribution in [1.82, 2.24) is 0 Å². The molecule has 140 valence electrons. The SMILES string of the molecule is NC(=O)C1CCN(c2ccc(NC(=O)/C=C\c3ccccc3Br)cc2)CC1. The lowest BCUT2D eigenvalue weighted by molar-refractivity contribution is -0.122. The fraction of sp³-hybridized carbons (Fsp3) is 0.238. The van der Waals surface area contributed by atoms with Crippen LogP contribution in [0.1, 0.15) is 18.4 Å². The zero-order valence-electron chi connectivity index (χ0n) is 14.9. The summed E-state index contributed by atoms with van der Waals surface area (Å²) in [7, 11) is 0. The first-order valence-corrected chi connectivity index (χ1v) is 9.70. The summed E-state index contributed by atoms with van der Waals surface area (Å²) in [5.41, 5.74) is 8.15. The number of rotatable bonds is 5. The highest BCUT2D eigenvalue weighted by molar-refractivity contribution is 9.10. The van der Waals surface area contributed by atoms with Crippen LogP contribution >= 0.6 is 15.9 Å². The van der Waals surface area contributed by atoms with Gasteiger partial charge in [0.25, 0.3) is 0 Å². The Morgan fingerprint density at radius 2 is 1.74 bits per heavy atom. The van der Waals surface area contributed by atoms with Crippen molar-refractivity contribution in [2.45, 2.75) is 12.8 Å². The van der Waals surface area contributed by atoms with Crippen LogP contribution < -0.4 is 16.0 Å². The highest BCUT2D eigenvalue weighted by atomic mass is 79.9. The molecule has 2 aromatic rings. The van der Waals surface area contributed by atoms with Crippen molar-refractivity contribution in [3.8, 4) is 0 Å². The first-order chi connectivity index (χ1) is 13.0. The lowest BCUT2D eigenvalue weighted by atomic mass is 9.96. The topological polar surface area (TPSA) is 75.4 Å². The van der Waals surface area contributed by atoms with Crippen LogP contribution in [-0.2, 0) is 9.59 Å². The summed E-state index contributed by atoms with van der Waals surface area (Å²) in [6.07, 6.45) is 4.86. The molecule has 0 unspecified atom stereocenters. The molecule has 3 rings (SSSR count). The molecule has 27 heavy (non-hydrogen) atoms. The monoisotopic (exact) mass is 427 g/mol. The molecule has 1 fully saturated rings. The third kappa shape index (κ3) is 5.20. The molecule has 3 N–H and O–H groups in total. The van der Waals surface area contributed by atoms with Gasteiger partial charge in [-0.1, -0.05) is 34.1 Å². The number of anilines is 2. The molecule has 1 aliphatic heterocycles. The van der Waals surface area contributed by atoms with Crippen molar-refractivity contribution < 1.29 is 9.59 Å². The van der Waals surface area contributed by atoms with Gasteiger partial charge >= 0.3 is 0 Å². The maximum atomic E-state index is 12.1. The minimum absolute atomic E-state index is 0.0174. The van der Waals surface area contributed by atoms with E-state index in [0.717, 1.165) is 47.3 Å². The number of nitrogens with two attached hydrogens (primary N) is 1. The third-order valence-electron chi connectivity index (χ3n) is 4.72. The van der Waals surface area contributed by atoms with Gasteiger partial charge < -0.3 is 16.0 Å². The molecule has 0 aromatic heterocycles. The van der Waals surface area contributed by atoms with Crippen LogP contribution in [0.2, 0.25) is 0 Å². The Morgan fingerprint density at radius 3 is 2.37 bits per heavy atom. The predicted octanol–water partition coefficient (Wildman–Crippen LogP) is 3.80. The number of hydrogen-bond donors (Lipinski definition) is 2. The quantitative estimate of drug-likeness (QED) is 0.712. The van der Waals surface area contributed by atoms with Crippen molar-refractivity contribution in [1.29, 1.82) is 0 Å². The first-order valence-electron chi connectivity index (χ1n) is 8.91. The Kier molecular flexibility index (Phi) is 6.29. The van der Waals surface area contributed by atoms with Gasteiger partial charge in [0.2, 0.25) is 11.8 Å². The smallest absolute Gasteiger partial charge is 0.248 e. The maximum Gasteiger partial charge on any atom is 0.248 e. The fourth-order valence-electron chi connectivity index (χ4n) is 3.14. The number of carbonyl (C=O) groups is 2. The van der Waals surface area contributed by atoms with E-state index >= 15 is 0 Å². The molecular weight excluding hydrogens is 406 g/mol. The van der Waals surface area contributed by atoms with Crippen molar-refractivity contribution in [2.75, 3.05) is 23.3 Å². The van der Waals surface area contributed by atoms with Gasteiger partial charge in [-0.3, -0.25) is 9.59 Å². The van der Waals surface area contributed by atoms with Gasteiger partial charge in [-0.15, -0.1) is 0 Å².